The van der Waals surface area contributed by atoms with E-state index in [9.17, 15) is 0 Å². The van der Waals surface area contributed by atoms with E-state index in [1.165, 1.54) is 35.2 Å². The van der Waals surface area contributed by atoms with Crippen LogP contribution >= 0.6 is 23.4 Å². The van der Waals surface area contributed by atoms with Crippen LogP contribution in [0.1, 0.15) is 24.1 Å². The SMILES string of the molecule is Clc1ccc(-c2nnc3n2CN(c2c4c(nc5ccccc25)CCCC4)CS3)cc1. The van der Waals surface area contributed by atoms with Gasteiger partial charge in [-0.05, 0) is 61.6 Å². The van der Waals surface area contributed by atoms with Crippen LogP contribution < -0.4 is 4.90 Å². The van der Waals surface area contributed by atoms with Crippen LogP contribution in [0.15, 0.2) is 53.7 Å². The third kappa shape index (κ3) is 2.97. The number of aromatic nitrogens is 4. The molecule has 0 radical (unpaired) electrons. The summed E-state index contributed by atoms with van der Waals surface area (Å²) >= 11 is 7.82. The summed E-state index contributed by atoms with van der Waals surface area (Å²) < 4.78 is 2.21. The summed E-state index contributed by atoms with van der Waals surface area (Å²) in [6, 6.07) is 16.4. The number of nitrogens with zero attached hydrogens (tertiary/aromatic N) is 5. The van der Waals surface area contributed by atoms with Gasteiger partial charge in [-0.3, -0.25) is 9.55 Å². The van der Waals surface area contributed by atoms with Gasteiger partial charge in [0.1, 0.15) is 0 Å². The van der Waals surface area contributed by atoms with Gasteiger partial charge in [-0.15, -0.1) is 10.2 Å². The molecular weight excluding hydrogens is 414 g/mol. The molecule has 3 heterocycles. The Hall–Kier alpha value is -2.57. The first-order valence-electron chi connectivity index (χ1n) is 10.3. The van der Waals surface area contributed by atoms with Gasteiger partial charge in [0.2, 0.25) is 0 Å². The van der Waals surface area contributed by atoms with Gasteiger partial charge < -0.3 is 4.90 Å². The van der Waals surface area contributed by atoms with Crippen molar-refractivity contribution < 1.29 is 0 Å². The normalized spacial score (nSPS) is 15.8. The number of pyridine rings is 1. The van der Waals surface area contributed by atoms with Gasteiger partial charge in [-0.1, -0.05) is 41.6 Å². The largest absolute Gasteiger partial charge is 0.343 e. The monoisotopic (exact) mass is 433 g/mol. The Morgan fingerprint density at radius 2 is 1.77 bits per heavy atom. The van der Waals surface area contributed by atoms with Gasteiger partial charge in [-0.25, -0.2) is 0 Å². The first-order valence-corrected chi connectivity index (χ1v) is 11.6. The minimum atomic E-state index is 0.725. The molecule has 0 unspecified atom stereocenters. The predicted octanol–water partition coefficient (Wildman–Crippen LogP) is 5.55. The molecule has 2 aliphatic rings. The van der Waals surface area contributed by atoms with E-state index in [-0.39, 0.29) is 0 Å². The molecule has 150 valence electrons. The molecule has 0 atom stereocenters. The van der Waals surface area contributed by atoms with Crippen LogP contribution in [0.3, 0.4) is 0 Å². The lowest BCUT2D eigenvalue weighted by molar-refractivity contribution is 0.601. The third-order valence-corrected chi connectivity index (χ3v) is 7.19. The summed E-state index contributed by atoms with van der Waals surface area (Å²) in [6.45, 7) is 0.730. The lowest BCUT2D eigenvalue weighted by Gasteiger charge is -2.33. The topological polar surface area (TPSA) is 46.8 Å². The Balaban J connectivity index is 1.47. The number of hydrogen-bond acceptors (Lipinski definition) is 5. The Kier molecular flexibility index (Phi) is 4.43. The van der Waals surface area contributed by atoms with Gasteiger partial charge in [0.05, 0.1) is 23.7 Å². The fourth-order valence-corrected chi connectivity index (χ4v) is 5.53. The van der Waals surface area contributed by atoms with E-state index in [0.29, 0.717) is 0 Å². The van der Waals surface area contributed by atoms with Crippen molar-refractivity contribution in [2.75, 3.05) is 10.8 Å². The molecule has 4 aromatic rings. The Labute approximate surface area is 184 Å². The Morgan fingerprint density at radius 3 is 2.67 bits per heavy atom. The van der Waals surface area contributed by atoms with Crippen molar-refractivity contribution in [3.63, 3.8) is 0 Å². The number of thioether (sulfide) groups is 1. The van der Waals surface area contributed by atoms with E-state index in [1.807, 2.05) is 24.3 Å². The van der Waals surface area contributed by atoms with Crippen LogP contribution in [0.4, 0.5) is 5.69 Å². The number of para-hydroxylation sites is 1. The van der Waals surface area contributed by atoms with Crippen LogP contribution in [0.25, 0.3) is 22.3 Å². The average molecular weight is 434 g/mol. The van der Waals surface area contributed by atoms with E-state index >= 15 is 0 Å². The second kappa shape index (κ2) is 7.29. The zero-order valence-electron chi connectivity index (χ0n) is 16.4. The zero-order valence-corrected chi connectivity index (χ0v) is 18.0. The summed E-state index contributed by atoms with van der Waals surface area (Å²) in [5.74, 6) is 1.74. The maximum Gasteiger partial charge on any atom is 0.194 e. The van der Waals surface area contributed by atoms with E-state index < -0.39 is 0 Å². The fraction of sp³-hybridized carbons (Fsp3) is 0.261. The van der Waals surface area contributed by atoms with Crippen LogP contribution in [-0.2, 0) is 19.5 Å². The lowest BCUT2D eigenvalue weighted by atomic mass is 9.92. The molecule has 1 aliphatic carbocycles. The first kappa shape index (κ1) is 18.2. The summed E-state index contributed by atoms with van der Waals surface area (Å²) in [4.78, 5) is 7.47. The highest BCUT2D eigenvalue weighted by atomic mass is 35.5. The highest BCUT2D eigenvalue weighted by Crippen LogP contribution is 2.40. The van der Waals surface area contributed by atoms with Crippen LogP contribution in [0.2, 0.25) is 5.02 Å². The number of rotatable bonds is 2. The molecule has 0 amide bonds. The number of halogens is 1. The van der Waals surface area contributed by atoms with Crippen molar-refractivity contribution in [3.8, 4) is 11.4 Å². The Morgan fingerprint density at radius 1 is 0.933 bits per heavy atom. The second-order valence-electron chi connectivity index (χ2n) is 7.81. The van der Waals surface area contributed by atoms with Crippen molar-refractivity contribution >= 4 is 40.0 Å². The quantitative estimate of drug-likeness (QED) is 0.414. The molecule has 2 aromatic carbocycles. The van der Waals surface area contributed by atoms with Gasteiger partial charge >= 0.3 is 0 Å². The van der Waals surface area contributed by atoms with Crippen molar-refractivity contribution in [1.29, 1.82) is 0 Å². The maximum atomic E-state index is 6.08. The van der Waals surface area contributed by atoms with Gasteiger partial charge in [0, 0.05) is 21.7 Å². The molecule has 0 bridgehead atoms. The molecule has 0 saturated heterocycles. The standard InChI is InChI=1S/C23H20ClN5S/c24-16-11-9-15(10-12-16)22-26-27-23-29(22)13-28(14-30-23)21-17-5-1-3-7-19(17)25-20-8-4-2-6-18(20)21/h1,3,5,7,9-12H,2,4,6,8,13-14H2. The maximum absolute atomic E-state index is 6.08. The molecule has 30 heavy (non-hydrogen) atoms. The molecule has 0 saturated carbocycles. The highest BCUT2D eigenvalue weighted by molar-refractivity contribution is 7.99. The van der Waals surface area contributed by atoms with E-state index in [0.717, 1.165) is 52.5 Å². The van der Waals surface area contributed by atoms with Crippen molar-refractivity contribution in [2.24, 2.45) is 0 Å². The number of hydrogen-bond donors (Lipinski definition) is 0. The number of anilines is 1. The number of fused-ring (bicyclic) bond motifs is 3. The first-order chi connectivity index (χ1) is 14.8. The van der Waals surface area contributed by atoms with Crippen molar-refractivity contribution in [2.45, 2.75) is 37.5 Å². The fourth-order valence-electron chi connectivity index (χ4n) is 4.53. The third-order valence-electron chi connectivity index (χ3n) is 5.94. The summed E-state index contributed by atoms with van der Waals surface area (Å²) in [5, 5.41) is 11.8. The smallest absolute Gasteiger partial charge is 0.194 e. The molecule has 0 N–H and O–H groups in total. The van der Waals surface area contributed by atoms with Gasteiger partial charge in [-0.2, -0.15) is 0 Å². The predicted molar refractivity (Wildman–Crippen MR) is 122 cm³/mol. The summed E-state index contributed by atoms with van der Waals surface area (Å²) in [5.41, 5.74) is 6.15. The second-order valence-corrected chi connectivity index (χ2v) is 9.15. The lowest BCUT2D eigenvalue weighted by Crippen LogP contribution is -2.32. The minimum absolute atomic E-state index is 0.725. The van der Waals surface area contributed by atoms with E-state index in [2.05, 4.69) is 43.9 Å². The van der Waals surface area contributed by atoms with Gasteiger partial charge in [0.25, 0.3) is 0 Å². The van der Waals surface area contributed by atoms with Crippen LogP contribution in [0.5, 0.6) is 0 Å². The molecule has 2 aromatic heterocycles. The average Bonchev–Trinajstić information content (AvgIpc) is 3.21. The van der Waals surface area contributed by atoms with Gasteiger partial charge in [0.15, 0.2) is 11.0 Å². The minimum Gasteiger partial charge on any atom is -0.343 e. The van der Waals surface area contributed by atoms with Crippen molar-refractivity contribution in [1.82, 2.24) is 19.7 Å². The van der Waals surface area contributed by atoms with Crippen molar-refractivity contribution in [3.05, 3.63) is 64.8 Å². The molecule has 5 nitrogen and oxygen atoms in total. The number of aryl methyl sites for hydroxylation is 1. The van der Waals surface area contributed by atoms with E-state index in [4.69, 9.17) is 16.6 Å². The highest BCUT2D eigenvalue weighted by Gasteiger charge is 2.27. The molecule has 6 rings (SSSR count). The molecular formula is C23H20ClN5S. The molecule has 0 spiro atoms. The van der Waals surface area contributed by atoms with Crippen LogP contribution in [-0.4, -0.2) is 25.6 Å². The number of benzene rings is 2. The van der Waals surface area contributed by atoms with E-state index in [1.54, 1.807) is 11.8 Å². The molecule has 1 aliphatic heterocycles. The zero-order chi connectivity index (χ0) is 20.1. The summed E-state index contributed by atoms with van der Waals surface area (Å²) in [7, 11) is 0. The summed E-state index contributed by atoms with van der Waals surface area (Å²) in [6.07, 6.45) is 4.63. The molecule has 7 heteroatoms. The Bertz CT molecular complexity index is 1250. The van der Waals surface area contributed by atoms with Crippen LogP contribution in [0, 0.1) is 0 Å². The molecule has 0 fully saturated rings.